The van der Waals surface area contributed by atoms with Gasteiger partial charge in [0.1, 0.15) is 22.6 Å². The summed E-state index contributed by atoms with van der Waals surface area (Å²) in [5.74, 6) is 0.904. The summed E-state index contributed by atoms with van der Waals surface area (Å²) < 4.78 is 7.57. The Morgan fingerprint density at radius 1 is 1.28 bits per heavy atom. The van der Waals surface area contributed by atoms with Crippen LogP contribution in [0.1, 0.15) is 5.76 Å². The Balaban J connectivity index is 1.59. The van der Waals surface area contributed by atoms with Crippen LogP contribution in [-0.4, -0.2) is 9.91 Å². The molecule has 6 nitrogen and oxygen atoms in total. The average Bonchev–Trinajstić information content (AvgIpc) is 3.34. The van der Waals surface area contributed by atoms with Gasteiger partial charge < -0.3 is 4.42 Å². The number of hydrogen-bond acceptors (Lipinski definition) is 7. The number of benzene rings is 2. The third kappa shape index (κ3) is 4.17. The summed E-state index contributed by atoms with van der Waals surface area (Å²) in [6.45, 7) is 0. The topological polar surface area (TPSA) is 93.0 Å². The van der Waals surface area contributed by atoms with Gasteiger partial charge in [-0.2, -0.15) is 5.26 Å². The standard InChI is InChI=1S/C20H10ClN3O3S2/c21-15-7-5-12(9-17(15)24(25)26)18-8-6-13(27-18)10-14(11-22)28-20-23-16-3-1-2-4-19(16)29-20/h1-10H. The molecule has 0 saturated heterocycles. The number of aromatic nitrogens is 1. The second-order valence-electron chi connectivity index (χ2n) is 5.80. The average molecular weight is 440 g/mol. The van der Waals surface area contributed by atoms with E-state index < -0.39 is 4.92 Å². The van der Waals surface area contributed by atoms with Crippen LogP contribution in [0.2, 0.25) is 5.02 Å². The molecule has 0 aliphatic rings. The van der Waals surface area contributed by atoms with E-state index in [-0.39, 0.29) is 10.7 Å². The highest BCUT2D eigenvalue weighted by molar-refractivity contribution is 8.05. The number of rotatable bonds is 5. The third-order valence-corrected chi connectivity index (χ3v) is 6.25. The number of thiazole rings is 1. The third-order valence-electron chi connectivity index (χ3n) is 3.91. The number of thioether (sulfide) groups is 1. The summed E-state index contributed by atoms with van der Waals surface area (Å²) in [6.07, 6.45) is 1.62. The van der Waals surface area contributed by atoms with Crippen molar-refractivity contribution < 1.29 is 9.34 Å². The molecule has 0 unspecified atom stereocenters. The van der Waals surface area contributed by atoms with E-state index in [0.717, 1.165) is 14.6 Å². The van der Waals surface area contributed by atoms with Crippen molar-refractivity contribution in [2.45, 2.75) is 4.34 Å². The number of para-hydroxylation sites is 1. The quantitative estimate of drug-likeness (QED) is 0.147. The van der Waals surface area contributed by atoms with Gasteiger partial charge in [0.15, 0.2) is 4.34 Å². The Morgan fingerprint density at radius 3 is 2.86 bits per heavy atom. The van der Waals surface area contributed by atoms with E-state index in [4.69, 9.17) is 16.0 Å². The van der Waals surface area contributed by atoms with Gasteiger partial charge in [0, 0.05) is 17.7 Å². The highest BCUT2D eigenvalue weighted by Crippen LogP contribution is 2.35. The molecule has 142 valence electrons. The Morgan fingerprint density at radius 2 is 2.10 bits per heavy atom. The van der Waals surface area contributed by atoms with Crippen molar-refractivity contribution in [3.05, 3.63) is 80.4 Å². The molecule has 0 spiro atoms. The number of nitro benzene ring substituents is 1. The molecule has 2 aromatic heterocycles. The van der Waals surface area contributed by atoms with Gasteiger partial charge in [0.05, 0.1) is 20.0 Å². The molecule has 0 bridgehead atoms. The van der Waals surface area contributed by atoms with E-state index in [2.05, 4.69) is 11.1 Å². The molecule has 2 heterocycles. The minimum atomic E-state index is -0.544. The molecule has 0 aliphatic heterocycles. The van der Waals surface area contributed by atoms with E-state index in [9.17, 15) is 15.4 Å². The van der Waals surface area contributed by atoms with Crippen LogP contribution >= 0.6 is 34.7 Å². The Bertz CT molecular complexity index is 1270. The summed E-state index contributed by atoms with van der Waals surface area (Å²) in [5, 5.41) is 20.6. The number of hydrogen-bond donors (Lipinski definition) is 0. The lowest BCUT2D eigenvalue weighted by Crippen LogP contribution is -1.89. The van der Waals surface area contributed by atoms with Gasteiger partial charge in [0.25, 0.3) is 5.69 Å². The molecule has 0 fully saturated rings. The highest BCUT2D eigenvalue weighted by Gasteiger charge is 2.15. The minimum Gasteiger partial charge on any atom is -0.457 e. The number of fused-ring (bicyclic) bond motifs is 1. The molecule has 0 amide bonds. The largest absolute Gasteiger partial charge is 0.457 e. The van der Waals surface area contributed by atoms with Crippen molar-refractivity contribution in [2.24, 2.45) is 0 Å². The Labute approximate surface area is 178 Å². The van der Waals surface area contributed by atoms with E-state index in [1.54, 1.807) is 24.3 Å². The predicted molar refractivity (Wildman–Crippen MR) is 115 cm³/mol. The molecule has 2 aromatic carbocycles. The molecule has 9 heteroatoms. The Hall–Kier alpha value is -3.12. The van der Waals surface area contributed by atoms with Crippen LogP contribution in [0.4, 0.5) is 5.69 Å². The SMILES string of the molecule is N#CC(=Cc1ccc(-c2ccc(Cl)c([N+](=O)[O-])c2)o1)Sc1nc2ccccc2s1. The van der Waals surface area contributed by atoms with Crippen LogP contribution in [0.15, 0.2) is 68.3 Å². The molecule has 4 aromatic rings. The fourth-order valence-corrected chi connectivity index (χ4v) is 4.74. The maximum absolute atomic E-state index is 11.1. The fourth-order valence-electron chi connectivity index (χ4n) is 2.59. The number of nitro groups is 1. The van der Waals surface area contributed by atoms with E-state index in [1.165, 1.54) is 35.2 Å². The number of nitrogens with zero attached hydrogens (tertiary/aromatic N) is 3. The minimum absolute atomic E-state index is 0.0597. The van der Waals surface area contributed by atoms with Crippen LogP contribution < -0.4 is 0 Å². The number of nitriles is 1. The normalized spacial score (nSPS) is 11.5. The zero-order valence-electron chi connectivity index (χ0n) is 14.5. The van der Waals surface area contributed by atoms with E-state index in [1.807, 2.05) is 24.3 Å². The highest BCUT2D eigenvalue weighted by atomic mass is 35.5. The van der Waals surface area contributed by atoms with Crippen LogP contribution in [0.3, 0.4) is 0 Å². The maximum atomic E-state index is 11.1. The summed E-state index contributed by atoms with van der Waals surface area (Å²) >= 11 is 8.63. The van der Waals surface area contributed by atoms with Gasteiger partial charge in [-0.15, -0.1) is 11.3 Å². The predicted octanol–water partition coefficient (Wildman–Crippen LogP) is 6.77. The monoisotopic (exact) mass is 439 g/mol. The lowest BCUT2D eigenvalue weighted by Gasteiger charge is -1.99. The van der Waals surface area contributed by atoms with Crippen molar-refractivity contribution in [2.75, 3.05) is 0 Å². The van der Waals surface area contributed by atoms with Crippen LogP contribution in [0.5, 0.6) is 0 Å². The van der Waals surface area contributed by atoms with Crippen LogP contribution in [0.25, 0.3) is 27.6 Å². The summed E-state index contributed by atoms with van der Waals surface area (Å²) in [6, 6.07) is 17.8. The van der Waals surface area contributed by atoms with Gasteiger partial charge in [-0.1, -0.05) is 23.7 Å². The fraction of sp³-hybridized carbons (Fsp3) is 0. The van der Waals surface area contributed by atoms with E-state index in [0.29, 0.717) is 22.0 Å². The van der Waals surface area contributed by atoms with Crippen molar-refractivity contribution in [1.29, 1.82) is 5.26 Å². The lowest BCUT2D eigenvalue weighted by molar-refractivity contribution is -0.384. The first-order chi connectivity index (χ1) is 14.0. The van der Waals surface area contributed by atoms with Gasteiger partial charge in [-0.25, -0.2) is 4.98 Å². The summed E-state index contributed by atoms with van der Waals surface area (Å²) in [4.78, 5) is 15.5. The maximum Gasteiger partial charge on any atom is 0.288 e. The Kier molecular flexibility index (Phi) is 5.36. The second-order valence-corrected chi connectivity index (χ2v) is 8.52. The van der Waals surface area contributed by atoms with Crippen molar-refractivity contribution in [3.8, 4) is 17.4 Å². The van der Waals surface area contributed by atoms with Gasteiger partial charge in [-0.3, -0.25) is 10.1 Å². The zero-order chi connectivity index (χ0) is 20.4. The molecule has 4 rings (SSSR count). The second kappa shape index (κ2) is 8.09. The van der Waals surface area contributed by atoms with Crippen molar-refractivity contribution >= 4 is 56.7 Å². The van der Waals surface area contributed by atoms with Gasteiger partial charge >= 0.3 is 0 Å². The molecule has 0 radical (unpaired) electrons. The van der Waals surface area contributed by atoms with Gasteiger partial charge in [-0.05, 0) is 48.2 Å². The smallest absolute Gasteiger partial charge is 0.288 e. The molecular formula is C20H10ClN3O3S2. The lowest BCUT2D eigenvalue weighted by atomic mass is 10.1. The summed E-state index contributed by atoms with van der Waals surface area (Å²) in [5.41, 5.74) is 1.22. The number of allylic oxidation sites excluding steroid dienone is 1. The first-order valence-corrected chi connectivity index (χ1v) is 10.2. The first-order valence-electron chi connectivity index (χ1n) is 8.23. The number of halogens is 1. The molecule has 0 N–H and O–H groups in total. The molecule has 0 saturated carbocycles. The molecule has 0 aliphatic carbocycles. The van der Waals surface area contributed by atoms with Crippen molar-refractivity contribution in [1.82, 2.24) is 4.98 Å². The van der Waals surface area contributed by atoms with Crippen LogP contribution in [-0.2, 0) is 0 Å². The summed E-state index contributed by atoms with van der Waals surface area (Å²) in [7, 11) is 0. The molecule has 0 atom stereocenters. The molecule has 29 heavy (non-hydrogen) atoms. The molecular weight excluding hydrogens is 430 g/mol. The van der Waals surface area contributed by atoms with Gasteiger partial charge in [0.2, 0.25) is 0 Å². The van der Waals surface area contributed by atoms with Crippen LogP contribution in [0, 0.1) is 21.4 Å². The zero-order valence-corrected chi connectivity index (χ0v) is 16.9. The number of furan rings is 1. The van der Waals surface area contributed by atoms with E-state index >= 15 is 0 Å². The first kappa shape index (κ1) is 19.2. The van der Waals surface area contributed by atoms with Crippen molar-refractivity contribution in [3.63, 3.8) is 0 Å².